The maximum absolute atomic E-state index is 13.2. The Hall–Kier alpha value is -3.45. The molecule has 0 saturated heterocycles. The first-order valence-corrected chi connectivity index (χ1v) is 10.3. The smallest absolute Gasteiger partial charge is 0.293 e. The van der Waals surface area contributed by atoms with Crippen LogP contribution in [-0.4, -0.2) is 25.5 Å². The first-order chi connectivity index (χ1) is 14.8. The van der Waals surface area contributed by atoms with E-state index in [1.165, 1.54) is 4.68 Å². The van der Waals surface area contributed by atoms with Crippen LogP contribution in [0.3, 0.4) is 0 Å². The Morgan fingerprint density at radius 1 is 1.13 bits per heavy atom. The van der Waals surface area contributed by atoms with Crippen molar-refractivity contribution in [1.29, 1.82) is 0 Å². The lowest BCUT2D eigenvalue weighted by molar-refractivity contribution is -0.122. The van der Waals surface area contributed by atoms with Crippen LogP contribution in [-0.2, 0) is 17.9 Å². The van der Waals surface area contributed by atoms with Gasteiger partial charge in [-0.05, 0) is 44.0 Å². The molecule has 0 spiro atoms. The molecule has 0 fully saturated rings. The van der Waals surface area contributed by atoms with Gasteiger partial charge in [0.05, 0.1) is 17.6 Å². The van der Waals surface area contributed by atoms with Crippen LogP contribution in [0.15, 0.2) is 53.5 Å². The number of benzene rings is 2. The highest BCUT2D eigenvalue weighted by Gasteiger charge is 2.17. The first kappa shape index (κ1) is 20.8. The summed E-state index contributed by atoms with van der Waals surface area (Å²) in [5.74, 6) is -0.328. The lowest BCUT2D eigenvalue weighted by atomic mass is 10.1. The first-order valence-electron chi connectivity index (χ1n) is 9.88. The van der Waals surface area contributed by atoms with E-state index in [0.29, 0.717) is 21.6 Å². The lowest BCUT2D eigenvalue weighted by Gasteiger charge is -2.11. The van der Waals surface area contributed by atoms with Gasteiger partial charge in [-0.2, -0.15) is 10.2 Å². The molecule has 2 heterocycles. The van der Waals surface area contributed by atoms with Gasteiger partial charge in [0.2, 0.25) is 5.91 Å². The van der Waals surface area contributed by atoms with E-state index in [1.54, 1.807) is 23.9 Å². The number of amides is 1. The number of carbonyl (C=O) groups excluding carboxylic acids is 1. The van der Waals surface area contributed by atoms with Gasteiger partial charge in [-0.1, -0.05) is 47.5 Å². The Bertz CT molecular complexity index is 1360. The zero-order valence-corrected chi connectivity index (χ0v) is 18.3. The maximum atomic E-state index is 13.2. The van der Waals surface area contributed by atoms with Crippen molar-refractivity contribution in [3.8, 4) is 5.69 Å². The number of hydrogen-bond donors (Lipinski definition) is 1. The Morgan fingerprint density at radius 2 is 1.90 bits per heavy atom. The molecular formula is C23H22ClN5O2. The Morgan fingerprint density at radius 3 is 2.65 bits per heavy atom. The van der Waals surface area contributed by atoms with Crippen LogP contribution in [0, 0.1) is 20.8 Å². The number of carbonyl (C=O) groups is 1. The van der Waals surface area contributed by atoms with Crippen LogP contribution in [0.4, 0.5) is 0 Å². The van der Waals surface area contributed by atoms with Gasteiger partial charge in [0.25, 0.3) is 5.56 Å². The molecule has 4 aromatic rings. The molecule has 1 N–H and O–H groups in total. The zero-order valence-electron chi connectivity index (χ0n) is 17.5. The molecule has 2 aromatic heterocycles. The van der Waals surface area contributed by atoms with Gasteiger partial charge in [-0.15, -0.1) is 0 Å². The number of nitrogens with one attached hydrogen (secondary N) is 1. The number of aromatic nitrogens is 4. The minimum absolute atomic E-state index is 0.196. The summed E-state index contributed by atoms with van der Waals surface area (Å²) in [6.45, 7) is 5.87. The molecule has 1 amide bonds. The maximum Gasteiger partial charge on any atom is 0.293 e. The van der Waals surface area contributed by atoms with Crippen molar-refractivity contribution in [2.75, 3.05) is 0 Å². The van der Waals surface area contributed by atoms with Crippen molar-refractivity contribution in [3.63, 3.8) is 0 Å². The van der Waals surface area contributed by atoms with Gasteiger partial charge < -0.3 is 5.32 Å². The Labute approximate surface area is 184 Å². The summed E-state index contributed by atoms with van der Waals surface area (Å²) in [6.07, 6.45) is 1.64. The van der Waals surface area contributed by atoms with Crippen LogP contribution in [0.1, 0.15) is 22.4 Å². The summed E-state index contributed by atoms with van der Waals surface area (Å²) < 4.78 is 2.81. The molecule has 7 nitrogen and oxygen atoms in total. The summed E-state index contributed by atoms with van der Waals surface area (Å²) in [4.78, 5) is 25.7. The molecule has 158 valence electrons. The van der Waals surface area contributed by atoms with Gasteiger partial charge in [0, 0.05) is 17.0 Å². The third kappa shape index (κ3) is 4.09. The molecule has 0 aliphatic heterocycles. The highest BCUT2D eigenvalue weighted by molar-refractivity contribution is 6.31. The lowest BCUT2D eigenvalue weighted by Crippen LogP contribution is -2.34. The van der Waals surface area contributed by atoms with Gasteiger partial charge in [-0.25, -0.2) is 9.36 Å². The van der Waals surface area contributed by atoms with Gasteiger partial charge in [0.15, 0.2) is 0 Å². The molecule has 8 heteroatoms. The molecule has 0 bridgehead atoms. The van der Waals surface area contributed by atoms with Crippen molar-refractivity contribution in [3.05, 3.63) is 86.4 Å². The van der Waals surface area contributed by atoms with Gasteiger partial charge in [-0.3, -0.25) is 9.59 Å². The van der Waals surface area contributed by atoms with Crippen LogP contribution in [0.25, 0.3) is 16.6 Å². The number of aryl methyl sites for hydroxylation is 3. The van der Waals surface area contributed by atoms with Gasteiger partial charge >= 0.3 is 0 Å². The van der Waals surface area contributed by atoms with E-state index in [4.69, 9.17) is 11.6 Å². The number of rotatable bonds is 5. The SMILES string of the molecule is Cc1ccc(-n2ncc3c(C)nn(CC(=O)NCc4ccccc4Cl)c(=O)c32)c(C)c1. The summed E-state index contributed by atoms with van der Waals surface area (Å²) >= 11 is 6.14. The van der Waals surface area contributed by atoms with Crippen molar-refractivity contribution in [2.24, 2.45) is 0 Å². The molecular weight excluding hydrogens is 414 g/mol. The Kier molecular flexibility index (Phi) is 5.61. The molecule has 0 saturated carbocycles. The van der Waals surface area contributed by atoms with E-state index in [9.17, 15) is 9.59 Å². The normalized spacial score (nSPS) is 11.1. The summed E-state index contributed by atoms with van der Waals surface area (Å²) in [5.41, 5.74) is 4.41. The van der Waals surface area contributed by atoms with Crippen LogP contribution < -0.4 is 10.9 Å². The molecule has 0 unspecified atom stereocenters. The summed E-state index contributed by atoms with van der Waals surface area (Å²) in [7, 11) is 0. The number of halogens is 1. The fourth-order valence-electron chi connectivity index (χ4n) is 3.58. The second kappa shape index (κ2) is 8.35. The van der Waals surface area contributed by atoms with Crippen molar-refractivity contribution in [1.82, 2.24) is 24.9 Å². The zero-order chi connectivity index (χ0) is 22.1. The highest BCUT2D eigenvalue weighted by atomic mass is 35.5. The van der Waals surface area contributed by atoms with Crippen LogP contribution in [0.5, 0.6) is 0 Å². The summed E-state index contributed by atoms with van der Waals surface area (Å²) in [6, 6.07) is 13.2. The van der Waals surface area contributed by atoms with Crippen molar-refractivity contribution < 1.29 is 4.79 Å². The monoisotopic (exact) mass is 435 g/mol. The van der Waals surface area contributed by atoms with Gasteiger partial charge in [0.1, 0.15) is 12.1 Å². The van der Waals surface area contributed by atoms with E-state index in [0.717, 1.165) is 22.4 Å². The summed E-state index contributed by atoms with van der Waals surface area (Å²) in [5, 5.41) is 12.8. The molecule has 0 atom stereocenters. The largest absolute Gasteiger partial charge is 0.350 e. The molecule has 0 aliphatic carbocycles. The van der Waals surface area contributed by atoms with E-state index in [1.807, 2.05) is 50.2 Å². The third-order valence-electron chi connectivity index (χ3n) is 5.17. The van der Waals surface area contributed by atoms with Crippen molar-refractivity contribution >= 4 is 28.4 Å². The van der Waals surface area contributed by atoms with E-state index < -0.39 is 0 Å². The minimum atomic E-state index is -0.369. The number of nitrogens with zero attached hydrogens (tertiary/aromatic N) is 4. The predicted octanol–water partition coefficient (Wildman–Crippen LogP) is 3.48. The number of fused-ring (bicyclic) bond motifs is 1. The average molecular weight is 436 g/mol. The molecule has 4 rings (SSSR count). The average Bonchev–Trinajstić information content (AvgIpc) is 3.17. The molecule has 2 aromatic carbocycles. The van der Waals surface area contributed by atoms with Crippen molar-refractivity contribution in [2.45, 2.75) is 33.9 Å². The Balaban J connectivity index is 1.66. The molecule has 0 radical (unpaired) electrons. The van der Waals surface area contributed by atoms with E-state index in [-0.39, 0.29) is 24.6 Å². The number of hydrogen-bond acceptors (Lipinski definition) is 4. The van der Waals surface area contributed by atoms with E-state index >= 15 is 0 Å². The fourth-order valence-corrected chi connectivity index (χ4v) is 3.78. The molecule has 0 aliphatic rings. The quantitative estimate of drug-likeness (QED) is 0.520. The standard InChI is InChI=1S/C23H22ClN5O2/c1-14-8-9-20(15(2)10-14)29-22-18(12-26-29)16(3)27-28(23(22)31)13-21(30)25-11-17-6-4-5-7-19(17)24/h4-10,12H,11,13H2,1-3H3,(H,25,30). The fraction of sp³-hybridized carbons (Fsp3) is 0.217. The highest BCUT2D eigenvalue weighted by Crippen LogP contribution is 2.20. The molecule has 31 heavy (non-hydrogen) atoms. The van der Waals surface area contributed by atoms with Crippen LogP contribution in [0.2, 0.25) is 5.02 Å². The van der Waals surface area contributed by atoms with E-state index in [2.05, 4.69) is 15.5 Å². The minimum Gasteiger partial charge on any atom is -0.350 e. The van der Waals surface area contributed by atoms with Crippen LogP contribution >= 0.6 is 11.6 Å². The predicted molar refractivity (Wildman–Crippen MR) is 121 cm³/mol. The third-order valence-corrected chi connectivity index (χ3v) is 5.54. The second-order valence-electron chi connectivity index (χ2n) is 7.52. The second-order valence-corrected chi connectivity index (χ2v) is 7.93. The topological polar surface area (TPSA) is 81.8 Å².